The van der Waals surface area contributed by atoms with Gasteiger partial charge in [-0.05, 0) is 26.3 Å². The second-order valence-corrected chi connectivity index (χ2v) is 6.00. The summed E-state index contributed by atoms with van der Waals surface area (Å²) >= 11 is 0. The molecular formula is C14H25N3O4. The van der Waals surface area contributed by atoms with Gasteiger partial charge in [0, 0.05) is 38.2 Å². The van der Waals surface area contributed by atoms with Crippen molar-refractivity contribution in [1.82, 2.24) is 15.1 Å². The summed E-state index contributed by atoms with van der Waals surface area (Å²) in [6.45, 7) is 4.32. The van der Waals surface area contributed by atoms with E-state index in [1.807, 2.05) is 6.92 Å². The first-order valence-corrected chi connectivity index (χ1v) is 7.67. The fourth-order valence-electron chi connectivity index (χ4n) is 3.25. The van der Waals surface area contributed by atoms with Crippen LogP contribution in [0.3, 0.4) is 0 Å². The van der Waals surface area contributed by atoms with Gasteiger partial charge in [-0.2, -0.15) is 0 Å². The molecule has 7 nitrogen and oxygen atoms in total. The van der Waals surface area contributed by atoms with Gasteiger partial charge in [-0.3, -0.25) is 4.90 Å². The minimum absolute atomic E-state index is 0.0266. The Kier molecular flexibility index (Phi) is 5.41. The second kappa shape index (κ2) is 7.09. The van der Waals surface area contributed by atoms with Crippen LogP contribution < -0.4 is 5.32 Å². The van der Waals surface area contributed by atoms with Gasteiger partial charge in [0.1, 0.15) is 6.04 Å². The van der Waals surface area contributed by atoms with Gasteiger partial charge in [0.15, 0.2) is 0 Å². The predicted octanol–water partition coefficient (Wildman–Crippen LogP) is 0.0902. The molecule has 0 spiro atoms. The Labute approximate surface area is 124 Å². The van der Waals surface area contributed by atoms with E-state index in [0.717, 1.165) is 19.5 Å². The fraction of sp³-hybridized carbons (Fsp3) is 0.857. The number of amides is 2. The van der Waals surface area contributed by atoms with Crippen molar-refractivity contribution in [2.45, 2.75) is 50.7 Å². The number of hydrogen-bond acceptors (Lipinski definition) is 4. The number of piperidine rings is 1. The zero-order valence-electron chi connectivity index (χ0n) is 12.5. The van der Waals surface area contributed by atoms with E-state index in [1.54, 1.807) is 4.90 Å². The van der Waals surface area contributed by atoms with Gasteiger partial charge in [0.25, 0.3) is 0 Å². The maximum absolute atomic E-state index is 12.3. The summed E-state index contributed by atoms with van der Waals surface area (Å²) in [6.07, 6.45) is 3.52. The summed E-state index contributed by atoms with van der Waals surface area (Å²) in [7, 11) is 0. The molecule has 21 heavy (non-hydrogen) atoms. The summed E-state index contributed by atoms with van der Waals surface area (Å²) in [5, 5.41) is 20.5. The molecule has 3 N–H and O–H groups in total. The molecule has 2 saturated heterocycles. The van der Waals surface area contributed by atoms with Gasteiger partial charge in [0.2, 0.25) is 0 Å². The van der Waals surface area contributed by atoms with E-state index in [2.05, 4.69) is 10.2 Å². The van der Waals surface area contributed by atoms with Crippen molar-refractivity contribution in [2.24, 2.45) is 0 Å². The number of carboxylic acid groups (broad SMARTS) is 1. The molecule has 0 aromatic rings. The summed E-state index contributed by atoms with van der Waals surface area (Å²) < 4.78 is 0. The third-order valence-electron chi connectivity index (χ3n) is 4.46. The van der Waals surface area contributed by atoms with Crippen LogP contribution in [0.15, 0.2) is 0 Å². The van der Waals surface area contributed by atoms with Crippen LogP contribution in [-0.4, -0.2) is 76.4 Å². The number of carbonyl (C=O) groups is 2. The highest BCUT2D eigenvalue weighted by Gasteiger charge is 2.36. The van der Waals surface area contributed by atoms with E-state index < -0.39 is 12.0 Å². The number of hydrogen-bond donors (Lipinski definition) is 3. The number of fused-ring (bicyclic) bond motifs is 1. The van der Waals surface area contributed by atoms with Gasteiger partial charge >= 0.3 is 12.0 Å². The van der Waals surface area contributed by atoms with Gasteiger partial charge < -0.3 is 20.4 Å². The zero-order valence-corrected chi connectivity index (χ0v) is 12.5. The minimum Gasteiger partial charge on any atom is -0.480 e. The van der Waals surface area contributed by atoms with E-state index in [1.165, 1.54) is 12.8 Å². The zero-order chi connectivity index (χ0) is 15.4. The molecule has 2 amide bonds. The number of aliphatic hydroxyl groups excluding tert-OH is 1. The van der Waals surface area contributed by atoms with Crippen LogP contribution in [0.25, 0.3) is 0 Å². The smallest absolute Gasteiger partial charge is 0.326 e. The fourth-order valence-corrected chi connectivity index (χ4v) is 3.25. The normalized spacial score (nSPS) is 27.8. The Hall–Kier alpha value is -1.34. The maximum Gasteiger partial charge on any atom is 0.326 e. The number of aliphatic carboxylic acids is 1. The van der Waals surface area contributed by atoms with Crippen molar-refractivity contribution in [2.75, 3.05) is 26.2 Å². The van der Waals surface area contributed by atoms with Crippen molar-refractivity contribution in [3.63, 3.8) is 0 Å². The first-order valence-electron chi connectivity index (χ1n) is 7.67. The van der Waals surface area contributed by atoms with Crippen molar-refractivity contribution < 1.29 is 19.8 Å². The molecule has 3 atom stereocenters. The van der Waals surface area contributed by atoms with Crippen molar-refractivity contribution in [3.05, 3.63) is 0 Å². The first-order chi connectivity index (χ1) is 10.0. The molecule has 7 heteroatoms. The van der Waals surface area contributed by atoms with E-state index in [9.17, 15) is 9.59 Å². The molecule has 2 fully saturated rings. The summed E-state index contributed by atoms with van der Waals surface area (Å²) in [6, 6.07) is -0.905. The molecule has 2 heterocycles. The molecular weight excluding hydrogens is 274 g/mol. The number of piperazine rings is 1. The number of carbonyl (C=O) groups excluding carboxylic acids is 1. The molecule has 2 aliphatic rings. The quantitative estimate of drug-likeness (QED) is 0.684. The van der Waals surface area contributed by atoms with Crippen LogP contribution in [0.1, 0.15) is 32.6 Å². The lowest BCUT2D eigenvalue weighted by atomic mass is 9.97. The molecule has 3 unspecified atom stereocenters. The maximum atomic E-state index is 12.3. The number of carboxylic acids is 1. The number of nitrogens with zero attached hydrogens (tertiary/aromatic N) is 2. The number of urea groups is 1. The highest BCUT2D eigenvalue weighted by molar-refractivity contribution is 5.82. The summed E-state index contributed by atoms with van der Waals surface area (Å²) in [5.74, 6) is -1.11. The standard InChI is InChI=1S/C14H25N3O4/c1-10-8-16-6-3-2-4-11(16)9-17(10)14(21)15-12(5-7-18)13(19)20/h10-12,18H,2-9H2,1H3,(H,15,21)(H,19,20). The van der Waals surface area contributed by atoms with Crippen LogP contribution in [0.5, 0.6) is 0 Å². The Morgan fingerprint density at radius 1 is 1.33 bits per heavy atom. The number of aliphatic hydroxyl groups is 1. The number of rotatable bonds is 4. The van der Waals surface area contributed by atoms with E-state index in [-0.39, 0.29) is 25.1 Å². The lowest BCUT2D eigenvalue weighted by molar-refractivity contribution is -0.139. The van der Waals surface area contributed by atoms with Crippen LogP contribution in [0, 0.1) is 0 Å². The molecule has 0 bridgehead atoms. The average molecular weight is 299 g/mol. The van der Waals surface area contributed by atoms with Crippen molar-refractivity contribution >= 4 is 12.0 Å². The van der Waals surface area contributed by atoms with Crippen LogP contribution in [0.4, 0.5) is 4.79 Å². The van der Waals surface area contributed by atoms with Crippen LogP contribution in [0.2, 0.25) is 0 Å². The van der Waals surface area contributed by atoms with E-state index in [0.29, 0.717) is 12.6 Å². The van der Waals surface area contributed by atoms with Crippen LogP contribution in [-0.2, 0) is 4.79 Å². The highest BCUT2D eigenvalue weighted by atomic mass is 16.4. The third kappa shape index (κ3) is 3.85. The Morgan fingerprint density at radius 3 is 2.76 bits per heavy atom. The molecule has 0 saturated carbocycles. The van der Waals surface area contributed by atoms with Crippen LogP contribution >= 0.6 is 0 Å². The SMILES string of the molecule is CC1CN2CCCCC2CN1C(=O)NC(CCO)C(=O)O. The molecule has 0 aromatic heterocycles. The topological polar surface area (TPSA) is 93.1 Å². The molecule has 2 aliphatic heterocycles. The molecule has 0 aromatic carbocycles. The molecule has 120 valence electrons. The molecule has 0 aliphatic carbocycles. The van der Waals surface area contributed by atoms with Gasteiger partial charge in [-0.1, -0.05) is 6.42 Å². The number of nitrogens with one attached hydrogen (secondary N) is 1. The molecule has 2 rings (SSSR count). The monoisotopic (exact) mass is 299 g/mol. The van der Waals surface area contributed by atoms with E-state index >= 15 is 0 Å². The Morgan fingerprint density at radius 2 is 2.10 bits per heavy atom. The average Bonchev–Trinajstić information content (AvgIpc) is 2.45. The largest absolute Gasteiger partial charge is 0.480 e. The highest BCUT2D eigenvalue weighted by Crippen LogP contribution is 2.24. The third-order valence-corrected chi connectivity index (χ3v) is 4.46. The summed E-state index contributed by atoms with van der Waals surface area (Å²) in [5.41, 5.74) is 0. The van der Waals surface area contributed by atoms with Gasteiger partial charge in [0.05, 0.1) is 0 Å². The predicted molar refractivity (Wildman–Crippen MR) is 77.0 cm³/mol. The van der Waals surface area contributed by atoms with Crippen molar-refractivity contribution in [1.29, 1.82) is 0 Å². The second-order valence-electron chi connectivity index (χ2n) is 6.00. The molecule has 0 radical (unpaired) electrons. The minimum atomic E-state index is -1.11. The lowest BCUT2D eigenvalue weighted by Crippen LogP contribution is -2.62. The first kappa shape index (κ1) is 16.0. The van der Waals surface area contributed by atoms with E-state index in [4.69, 9.17) is 10.2 Å². The van der Waals surface area contributed by atoms with Gasteiger partial charge in [-0.15, -0.1) is 0 Å². The lowest BCUT2D eigenvalue weighted by Gasteiger charge is -2.47. The summed E-state index contributed by atoms with van der Waals surface area (Å²) in [4.78, 5) is 27.6. The Bertz CT molecular complexity index is 390. The van der Waals surface area contributed by atoms with Gasteiger partial charge in [-0.25, -0.2) is 9.59 Å². The Balaban J connectivity index is 1.96. The van der Waals surface area contributed by atoms with Crippen molar-refractivity contribution in [3.8, 4) is 0 Å².